The van der Waals surface area contributed by atoms with E-state index in [0.717, 1.165) is 10.6 Å². The quantitative estimate of drug-likeness (QED) is 0.770. The van der Waals surface area contributed by atoms with Gasteiger partial charge in [-0.05, 0) is 45.8 Å². The molecule has 4 heteroatoms. The van der Waals surface area contributed by atoms with Gasteiger partial charge in [-0.1, -0.05) is 26.2 Å². The van der Waals surface area contributed by atoms with Crippen molar-refractivity contribution in [2.24, 2.45) is 0 Å². The van der Waals surface area contributed by atoms with Crippen LogP contribution in [0.15, 0.2) is 0 Å². The smallest absolute Gasteiger partial charge is 0.195 e. The van der Waals surface area contributed by atoms with Crippen molar-refractivity contribution in [1.82, 2.24) is 14.8 Å². The Morgan fingerprint density at radius 2 is 1.82 bits per heavy atom. The summed E-state index contributed by atoms with van der Waals surface area (Å²) in [6.45, 7) is 8.90. The van der Waals surface area contributed by atoms with Gasteiger partial charge in [0.05, 0.1) is 0 Å². The number of aromatic amines is 1. The fourth-order valence-corrected chi connectivity index (χ4v) is 3.29. The molecule has 0 radical (unpaired) electrons. The van der Waals surface area contributed by atoms with Crippen molar-refractivity contribution >= 4 is 12.2 Å². The summed E-state index contributed by atoms with van der Waals surface area (Å²) in [5.74, 6) is 1.15. The highest BCUT2D eigenvalue weighted by atomic mass is 32.1. The molecule has 2 rings (SSSR count). The van der Waals surface area contributed by atoms with Gasteiger partial charge in [-0.15, -0.1) is 0 Å². The topological polar surface area (TPSA) is 33.6 Å². The number of hydrogen-bond donors (Lipinski definition) is 1. The van der Waals surface area contributed by atoms with Gasteiger partial charge in [0.15, 0.2) is 4.77 Å². The number of nitrogens with one attached hydrogen (secondary N) is 1. The van der Waals surface area contributed by atoms with Crippen molar-refractivity contribution in [3.05, 3.63) is 10.6 Å². The van der Waals surface area contributed by atoms with Crippen LogP contribution in [-0.4, -0.2) is 14.8 Å². The van der Waals surface area contributed by atoms with E-state index in [1.807, 2.05) is 0 Å². The third-order valence-electron chi connectivity index (χ3n) is 3.84. The van der Waals surface area contributed by atoms with Gasteiger partial charge in [0.1, 0.15) is 5.82 Å². The average Bonchev–Trinajstić information content (AvgIpc) is 2.61. The molecule has 17 heavy (non-hydrogen) atoms. The van der Waals surface area contributed by atoms with Crippen molar-refractivity contribution < 1.29 is 0 Å². The maximum absolute atomic E-state index is 5.38. The van der Waals surface area contributed by atoms with Gasteiger partial charge in [-0.2, -0.15) is 5.10 Å². The Labute approximate surface area is 109 Å². The van der Waals surface area contributed by atoms with Gasteiger partial charge in [-0.3, -0.25) is 9.67 Å². The molecule has 1 aromatic heterocycles. The lowest BCUT2D eigenvalue weighted by atomic mass is 9.75. The minimum atomic E-state index is -0.000125. The van der Waals surface area contributed by atoms with E-state index < -0.39 is 0 Å². The SMILES string of the molecule is CC1(c2n[nH]c(=S)n2C(C)(C)C)CCCCC1. The van der Waals surface area contributed by atoms with Gasteiger partial charge < -0.3 is 0 Å². The predicted octanol–water partition coefficient (Wildman–Crippen LogP) is 3.92. The van der Waals surface area contributed by atoms with Crippen molar-refractivity contribution in [2.75, 3.05) is 0 Å². The number of nitrogens with zero attached hydrogens (tertiary/aromatic N) is 2. The highest BCUT2D eigenvalue weighted by Crippen LogP contribution is 2.39. The fourth-order valence-electron chi connectivity index (χ4n) is 2.88. The Bertz CT molecular complexity index is 444. The Balaban J connectivity index is 2.49. The molecule has 96 valence electrons. The monoisotopic (exact) mass is 253 g/mol. The molecule has 1 fully saturated rings. The van der Waals surface area contributed by atoms with Gasteiger partial charge in [-0.25, -0.2) is 0 Å². The lowest BCUT2D eigenvalue weighted by Crippen LogP contribution is -2.34. The first kappa shape index (κ1) is 12.8. The van der Waals surface area contributed by atoms with Crippen LogP contribution in [0.4, 0.5) is 0 Å². The van der Waals surface area contributed by atoms with Crippen molar-refractivity contribution in [3.63, 3.8) is 0 Å². The molecule has 0 atom stereocenters. The number of aromatic nitrogens is 3. The fraction of sp³-hybridized carbons (Fsp3) is 0.846. The molecular formula is C13H23N3S. The van der Waals surface area contributed by atoms with Crippen LogP contribution in [0.2, 0.25) is 0 Å². The standard InChI is InChI=1S/C13H23N3S/c1-12(2,3)16-10(14-15-11(16)17)13(4)8-6-5-7-9-13/h5-9H2,1-4H3,(H,15,17). The average molecular weight is 253 g/mol. The third kappa shape index (κ3) is 2.32. The van der Waals surface area contributed by atoms with Crippen LogP contribution in [-0.2, 0) is 11.0 Å². The summed E-state index contributed by atoms with van der Waals surface area (Å²) in [5.41, 5.74) is 0.193. The van der Waals surface area contributed by atoms with E-state index in [2.05, 4.69) is 42.5 Å². The molecule has 0 bridgehead atoms. The van der Waals surface area contributed by atoms with Crippen LogP contribution < -0.4 is 0 Å². The van der Waals surface area contributed by atoms with E-state index in [1.54, 1.807) is 0 Å². The lowest BCUT2D eigenvalue weighted by molar-refractivity contribution is 0.267. The van der Waals surface area contributed by atoms with E-state index in [-0.39, 0.29) is 11.0 Å². The second-order valence-corrected chi connectivity index (χ2v) is 6.87. The first-order chi connectivity index (χ1) is 7.84. The van der Waals surface area contributed by atoms with Crippen molar-refractivity contribution in [1.29, 1.82) is 0 Å². The van der Waals surface area contributed by atoms with Crippen LogP contribution in [0, 0.1) is 4.77 Å². The molecule has 1 aliphatic rings. The molecule has 0 aromatic carbocycles. The predicted molar refractivity (Wildman–Crippen MR) is 72.8 cm³/mol. The first-order valence-corrected chi connectivity index (χ1v) is 6.94. The zero-order chi connectivity index (χ0) is 12.7. The highest BCUT2D eigenvalue weighted by Gasteiger charge is 2.35. The summed E-state index contributed by atoms with van der Waals surface area (Å²) < 4.78 is 2.95. The van der Waals surface area contributed by atoms with E-state index >= 15 is 0 Å². The second kappa shape index (κ2) is 4.23. The molecule has 1 heterocycles. The van der Waals surface area contributed by atoms with Crippen molar-refractivity contribution in [2.45, 2.75) is 70.8 Å². The third-order valence-corrected chi connectivity index (χ3v) is 4.11. The normalized spacial score (nSPS) is 20.5. The Morgan fingerprint density at radius 1 is 1.24 bits per heavy atom. The summed E-state index contributed by atoms with van der Waals surface area (Å²) in [7, 11) is 0. The van der Waals surface area contributed by atoms with Crippen LogP contribution in [0.25, 0.3) is 0 Å². The molecule has 1 aliphatic carbocycles. The lowest BCUT2D eigenvalue weighted by Gasteiger charge is -2.35. The van der Waals surface area contributed by atoms with Crippen LogP contribution in [0.5, 0.6) is 0 Å². The van der Waals surface area contributed by atoms with E-state index in [0.29, 0.717) is 0 Å². The highest BCUT2D eigenvalue weighted by molar-refractivity contribution is 7.71. The second-order valence-electron chi connectivity index (χ2n) is 6.48. The van der Waals surface area contributed by atoms with Crippen LogP contribution >= 0.6 is 12.2 Å². The molecule has 0 saturated heterocycles. The summed E-state index contributed by atoms with van der Waals surface area (Å²) >= 11 is 5.38. The minimum absolute atomic E-state index is 0.000125. The largest absolute Gasteiger partial charge is 0.298 e. The van der Waals surface area contributed by atoms with Crippen LogP contribution in [0.3, 0.4) is 0 Å². The molecule has 0 spiro atoms. The van der Waals surface area contributed by atoms with E-state index in [9.17, 15) is 0 Å². The molecule has 0 unspecified atom stereocenters. The Morgan fingerprint density at radius 3 is 2.35 bits per heavy atom. The first-order valence-electron chi connectivity index (χ1n) is 6.53. The number of H-pyrrole nitrogens is 1. The number of rotatable bonds is 1. The zero-order valence-electron chi connectivity index (χ0n) is 11.3. The zero-order valence-corrected chi connectivity index (χ0v) is 12.2. The summed E-state index contributed by atoms with van der Waals surface area (Å²) in [6.07, 6.45) is 6.42. The molecule has 0 aliphatic heterocycles. The Kier molecular flexibility index (Phi) is 3.19. The molecule has 1 aromatic rings. The summed E-state index contributed by atoms with van der Waals surface area (Å²) in [6, 6.07) is 0. The molecule has 3 nitrogen and oxygen atoms in total. The van der Waals surface area contributed by atoms with E-state index in [4.69, 9.17) is 12.2 Å². The van der Waals surface area contributed by atoms with Gasteiger partial charge >= 0.3 is 0 Å². The van der Waals surface area contributed by atoms with Crippen molar-refractivity contribution in [3.8, 4) is 0 Å². The molecule has 1 N–H and O–H groups in total. The molecule has 0 amide bonds. The summed E-state index contributed by atoms with van der Waals surface area (Å²) in [5, 5.41) is 7.51. The number of hydrogen-bond acceptors (Lipinski definition) is 2. The van der Waals surface area contributed by atoms with E-state index in [1.165, 1.54) is 32.1 Å². The maximum Gasteiger partial charge on any atom is 0.195 e. The molecule has 1 saturated carbocycles. The van der Waals surface area contributed by atoms with Crippen LogP contribution in [0.1, 0.15) is 65.6 Å². The Hall–Kier alpha value is -0.640. The van der Waals surface area contributed by atoms with Gasteiger partial charge in [0.2, 0.25) is 0 Å². The van der Waals surface area contributed by atoms with Gasteiger partial charge in [0, 0.05) is 11.0 Å². The van der Waals surface area contributed by atoms with Gasteiger partial charge in [0.25, 0.3) is 0 Å². The molecular weight excluding hydrogens is 230 g/mol. The summed E-state index contributed by atoms with van der Waals surface area (Å²) in [4.78, 5) is 0. The minimum Gasteiger partial charge on any atom is -0.298 e. The maximum atomic E-state index is 5.38.